The van der Waals surface area contributed by atoms with Gasteiger partial charge in [0, 0.05) is 11.8 Å². The minimum atomic E-state index is -0.627. The average molecular weight is 266 g/mol. The summed E-state index contributed by atoms with van der Waals surface area (Å²) < 4.78 is 5.49. The molecule has 0 radical (unpaired) electrons. The van der Waals surface area contributed by atoms with Crippen molar-refractivity contribution in [1.29, 1.82) is 0 Å². The number of rotatable bonds is 4. The van der Waals surface area contributed by atoms with E-state index in [0.29, 0.717) is 5.88 Å². The van der Waals surface area contributed by atoms with Crippen molar-refractivity contribution in [2.45, 2.75) is 13.0 Å². The number of benzene rings is 1. The first-order chi connectivity index (χ1) is 8.27. The van der Waals surface area contributed by atoms with Gasteiger partial charge >= 0.3 is 0 Å². The van der Waals surface area contributed by atoms with Crippen molar-refractivity contribution in [3.63, 3.8) is 0 Å². The lowest BCUT2D eigenvalue weighted by Crippen LogP contribution is -2.10. The largest absolute Gasteiger partial charge is 0.474 e. The van der Waals surface area contributed by atoms with Gasteiger partial charge < -0.3 is 9.84 Å². The number of aliphatic hydroxyl groups is 1. The first-order valence-corrected chi connectivity index (χ1v) is 5.55. The Morgan fingerprint density at radius 2 is 1.89 bits per heavy atom. The highest BCUT2D eigenvalue weighted by atomic mass is 35.5. The van der Waals surface area contributed by atoms with Crippen LogP contribution in [0.1, 0.15) is 17.2 Å². The Kier molecular flexibility index (Phi) is 5.62. The molecule has 1 N–H and O–H groups in total. The molecule has 0 fully saturated rings. The van der Waals surface area contributed by atoms with Crippen LogP contribution in [0.3, 0.4) is 0 Å². The van der Waals surface area contributed by atoms with Crippen molar-refractivity contribution in [1.82, 2.24) is 4.98 Å². The molecule has 1 aromatic carbocycles. The summed E-state index contributed by atoms with van der Waals surface area (Å²) in [6.07, 6.45) is 1.05. The molecule has 0 bridgehead atoms. The Labute approximate surface area is 113 Å². The van der Waals surface area contributed by atoms with E-state index in [1.165, 1.54) is 0 Å². The lowest BCUT2D eigenvalue weighted by atomic mass is 10.1. The fraction of sp³-hybridized carbons (Fsp3) is 0.214. The summed E-state index contributed by atoms with van der Waals surface area (Å²) in [5.41, 5.74) is 1.81. The van der Waals surface area contributed by atoms with Crippen LogP contribution in [-0.4, -0.2) is 16.7 Å². The normalized spacial score (nSPS) is 11.4. The van der Waals surface area contributed by atoms with E-state index in [1.54, 1.807) is 6.20 Å². The fourth-order valence-corrected chi connectivity index (χ4v) is 1.55. The number of aryl methyl sites for hydroxylation is 1. The Morgan fingerprint density at radius 1 is 1.17 bits per heavy atom. The van der Waals surface area contributed by atoms with Crippen LogP contribution < -0.4 is 4.74 Å². The van der Waals surface area contributed by atoms with Gasteiger partial charge in [-0.25, -0.2) is 4.98 Å². The van der Waals surface area contributed by atoms with Gasteiger partial charge in [-0.15, -0.1) is 12.4 Å². The summed E-state index contributed by atoms with van der Waals surface area (Å²) >= 11 is 0. The zero-order chi connectivity index (χ0) is 12.1. The minimum absolute atomic E-state index is 0. The zero-order valence-electron chi connectivity index (χ0n) is 10.1. The van der Waals surface area contributed by atoms with Gasteiger partial charge in [-0.05, 0) is 18.6 Å². The third kappa shape index (κ3) is 3.72. The Bertz CT molecular complexity index is 476. The van der Waals surface area contributed by atoms with Crippen molar-refractivity contribution < 1.29 is 9.84 Å². The molecule has 4 heteroatoms. The summed E-state index contributed by atoms with van der Waals surface area (Å²) in [5.74, 6) is 0.572. The molecule has 0 saturated heterocycles. The van der Waals surface area contributed by atoms with Crippen LogP contribution in [0.15, 0.2) is 48.7 Å². The molecule has 2 aromatic rings. The highest BCUT2D eigenvalue weighted by molar-refractivity contribution is 5.85. The number of aromatic nitrogens is 1. The molecule has 18 heavy (non-hydrogen) atoms. The molecule has 96 valence electrons. The second-order valence-electron chi connectivity index (χ2n) is 3.86. The topological polar surface area (TPSA) is 42.4 Å². The number of ether oxygens (including phenoxy) is 1. The first kappa shape index (κ1) is 14.5. The van der Waals surface area contributed by atoms with Gasteiger partial charge in [0.1, 0.15) is 12.7 Å². The van der Waals surface area contributed by atoms with Crippen LogP contribution in [0.2, 0.25) is 0 Å². The average Bonchev–Trinajstić information content (AvgIpc) is 2.38. The maximum Gasteiger partial charge on any atom is 0.216 e. The lowest BCUT2D eigenvalue weighted by Gasteiger charge is -2.12. The van der Waals surface area contributed by atoms with Crippen molar-refractivity contribution in [2.24, 2.45) is 0 Å². The zero-order valence-corrected chi connectivity index (χ0v) is 10.9. The SMILES string of the molecule is Cc1cccnc1OCC(O)c1ccccc1.Cl. The monoisotopic (exact) mass is 265 g/mol. The highest BCUT2D eigenvalue weighted by Crippen LogP contribution is 2.16. The number of pyridine rings is 1. The molecule has 3 nitrogen and oxygen atoms in total. The summed E-state index contributed by atoms with van der Waals surface area (Å²) in [7, 11) is 0. The van der Waals surface area contributed by atoms with Crippen LogP contribution in [-0.2, 0) is 0 Å². The van der Waals surface area contributed by atoms with Gasteiger partial charge in [0.05, 0.1) is 0 Å². The molecule has 0 aliphatic rings. The first-order valence-electron chi connectivity index (χ1n) is 5.55. The number of hydrogen-bond donors (Lipinski definition) is 1. The molecule has 0 aliphatic carbocycles. The van der Waals surface area contributed by atoms with Gasteiger partial charge in [-0.2, -0.15) is 0 Å². The van der Waals surface area contributed by atoms with Crippen LogP contribution in [0, 0.1) is 6.92 Å². The van der Waals surface area contributed by atoms with Gasteiger partial charge in [-0.3, -0.25) is 0 Å². The molecule has 1 heterocycles. The van der Waals surface area contributed by atoms with Crippen LogP contribution in [0.5, 0.6) is 5.88 Å². The van der Waals surface area contributed by atoms with Gasteiger partial charge in [0.15, 0.2) is 0 Å². The quantitative estimate of drug-likeness (QED) is 0.924. The number of halogens is 1. The summed E-state index contributed by atoms with van der Waals surface area (Å²) in [6, 6.07) is 13.2. The predicted molar refractivity (Wildman–Crippen MR) is 73.1 cm³/mol. The molecule has 1 aromatic heterocycles. The molecular formula is C14H16ClNO2. The van der Waals surface area contributed by atoms with Crippen molar-refractivity contribution in [2.75, 3.05) is 6.61 Å². The summed E-state index contributed by atoms with van der Waals surface area (Å²) in [6.45, 7) is 2.14. The third-order valence-corrected chi connectivity index (χ3v) is 2.52. The number of hydrogen-bond acceptors (Lipinski definition) is 3. The van der Waals surface area contributed by atoms with E-state index in [1.807, 2.05) is 49.4 Å². The van der Waals surface area contributed by atoms with E-state index in [9.17, 15) is 5.11 Å². The van der Waals surface area contributed by atoms with Gasteiger partial charge in [-0.1, -0.05) is 36.4 Å². The standard InChI is InChI=1S/C14H15NO2.ClH/c1-11-6-5-9-15-14(11)17-10-13(16)12-7-3-2-4-8-12;/h2-9,13,16H,10H2,1H3;1H. The fourth-order valence-electron chi connectivity index (χ4n) is 1.55. The smallest absolute Gasteiger partial charge is 0.216 e. The summed E-state index contributed by atoms with van der Waals surface area (Å²) in [4.78, 5) is 4.11. The van der Waals surface area contributed by atoms with E-state index in [2.05, 4.69) is 4.98 Å². The molecular weight excluding hydrogens is 250 g/mol. The number of aliphatic hydroxyl groups excluding tert-OH is 1. The van der Waals surface area contributed by atoms with E-state index >= 15 is 0 Å². The van der Waals surface area contributed by atoms with Gasteiger partial charge in [0.25, 0.3) is 0 Å². The Hall–Kier alpha value is -1.58. The predicted octanol–water partition coefficient (Wildman–Crippen LogP) is 2.92. The third-order valence-electron chi connectivity index (χ3n) is 2.52. The van der Waals surface area contributed by atoms with Crippen LogP contribution in [0.4, 0.5) is 0 Å². The molecule has 2 rings (SSSR count). The van der Waals surface area contributed by atoms with Crippen molar-refractivity contribution in [3.05, 3.63) is 59.8 Å². The Morgan fingerprint density at radius 3 is 2.56 bits per heavy atom. The number of nitrogens with zero attached hydrogens (tertiary/aromatic N) is 1. The maximum atomic E-state index is 9.92. The van der Waals surface area contributed by atoms with Crippen molar-refractivity contribution in [3.8, 4) is 5.88 Å². The van der Waals surface area contributed by atoms with E-state index < -0.39 is 6.10 Å². The minimum Gasteiger partial charge on any atom is -0.474 e. The maximum absolute atomic E-state index is 9.92. The highest BCUT2D eigenvalue weighted by Gasteiger charge is 2.08. The Balaban J connectivity index is 0.00000162. The van der Waals surface area contributed by atoms with Gasteiger partial charge in [0.2, 0.25) is 5.88 Å². The molecule has 1 unspecified atom stereocenters. The second kappa shape index (κ2) is 6.99. The van der Waals surface area contributed by atoms with E-state index in [-0.39, 0.29) is 19.0 Å². The molecule has 0 saturated carbocycles. The lowest BCUT2D eigenvalue weighted by molar-refractivity contribution is 0.105. The van der Waals surface area contributed by atoms with E-state index in [4.69, 9.17) is 4.74 Å². The summed E-state index contributed by atoms with van der Waals surface area (Å²) in [5, 5.41) is 9.92. The van der Waals surface area contributed by atoms with Crippen molar-refractivity contribution >= 4 is 12.4 Å². The van der Waals surface area contributed by atoms with E-state index in [0.717, 1.165) is 11.1 Å². The molecule has 0 amide bonds. The van der Waals surface area contributed by atoms with Crippen LogP contribution in [0.25, 0.3) is 0 Å². The molecule has 0 aliphatic heterocycles. The van der Waals surface area contributed by atoms with Crippen LogP contribution >= 0.6 is 12.4 Å². The molecule has 1 atom stereocenters. The second-order valence-corrected chi connectivity index (χ2v) is 3.86. The molecule has 0 spiro atoms.